The molecule has 2 atom stereocenters. The van der Waals surface area contributed by atoms with Crippen LogP contribution in [0, 0.1) is 18.3 Å². The van der Waals surface area contributed by atoms with Crippen LogP contribution in [0.15, 0.2) is 42.7 Å². The highest BCUT2D eigenvalue weighted by Gasteiger charge is 2.43. The molecule has 2 aliphatic rings. The number of aromatic nitrogens is 2. The third-order valence-electron chi connectivity index (χ3n) is 7.37. The lowest BCUT2D eigenvalue weighted by Gasteiger charge is -2.27. The number of nitrogens with zero attached hydrogens (tertiary/aromatic N) is 4. The molecule has 9 heteroatoms. The number of ether oxygens (including phenoxy) is 3. The van der Waals surface area contributed by atoms with E-state index < -0.39 is 5.60 Å². The summed E-state index contributed by atoms with van der Waals surface area (Å²) in [5, 5.41) is 4.17. The summed E-state index contributed by atoms with van der Waals surface area (Å²) < 4.78 is 17.4. The molecule has 9 nitrogen and oxygen atoms in total. The Labute approximate surface area is 235 Å². The SMILES string of the molecule is C#Cc1cccc(Nc2ncnc3cc(OC)c(OCCCN4CCC5CN(C(=O)OC(C)(C)C)CC54)cc23)c1. The maximum atomic E-state index is 12.6. The fraction of sp³-hybridized carbons (Fsp3) is 0.452. The van der Waals surface area contributed by atoms with Gasteiger partial charge >= 0.3 is 6.09 Å². The minimum absolute atomic E-state index is 0.213. The second-order valence-electron chi connectivity index (χ2n) is 11.3. The Balaban J connectivity index is 1.21. The number of hydrogen-bond acceptors (Lipinski definition) is 8. The van der Waals surface area contributed by atoms with Gasteiger partial charge in [0.1, 0.15) is 17.7 Å². The average Bonchev–Trinajstić information content (AvgIpc) is 3.52. The van der Waals surface area contributed by atoms with Gasteiger partial charge in [-0.2, -0.15) is 0 Å². The number of methoxy groups -OCH3 is 1. The van der Waals surface area contributed by atoms with E-state index in [1.54, 1.807) is 7.11 Å². The average molecular weight is 544 g/mol. The summed E-state index contributed by atoms with van der Waals surface area (Å²) in [6.45, 7) is 9.69. The minimum Gasteiger partial charge on any atom is -0.493 e. The van der Waals surface area contributed by atoms with E-state index in [1.165, 1.54) is 6.33 Å². The van der Waals surface area contributed by atoms with E-state index in [4.69, 9.17) is 20.6 Å². The van der Waals surface area contributed by atoms with Crippen LogP contribution in [0.2, 0.25) is 0 Å². The number of rotatable bonds is 8. The van der Waals surface area contributed by atoms with Gasteiger partial charge in [-0.05, 0) is 70.3 Å². The number of likely N-dealkylation sites (tertiary alicyclic amines) is 2. The molecule has 0 saturated carbocycles. The lowest BCUT2D eigenvalue weighted by atomic mass is 10.1. The van der Waals surface area contributed by atoms with E-state index in [-0.39, 0.29) is 6.09 Å². The van der Waals surface area contributed by atoms with Gasteiger partial charge in [0.15, 0.2) is 11.5 Å². The summed E-state index contributed by atoms with van der Waals surface area (Å²) >= 11 is 0. The smallest absolute Gasteiger partial charge is 0.410 e. The molecule has 2 saturated heterocycles. The summed E-state index contributed by atoms with van der Waals surface area (Å²) in [5.74, 6) is 5.08. The Hall–Kier alpha value is -4.03. The van der Waals surface area contributed by atoms with Crippen molar-refractivity contribution in [2.45, 2.75) is 45.3 Å². The predicted molar refractivity (Wildman–Crippen MR) is 155 cm³/mol. The van der Waals surface area contributed by atoms with Gasteiger partial charge in [-0.1, -0.05) is 12.0 Å². The molecule has 0 spiro atoms. The fourth-order valence-electron chi connectivity index (χ4n) is 5.51. The van der Waals surface area contributed by atoms with E-state index >= 15 is 0 Å². The van der Waals surface area contributed by atoms with E-state index in [1.807, 2.05) is 62.1 Å². The molecule has 2 aliphatic heterocycles. The summed E-state index contributed by atoms with van der Waals surface area (Å²) in [4.78, 5) is 25.8. The number of amides is 1. The molecule has 1 aromatic heterocycles. The summed E-state index contributed by atoms with van der Waals surface area (Å²) in [5.41, 5.74) is 1.89. The monoisotopic (exact) mass is 543 g/mol. The van der Waals surface area contributed by atoms with Gasteiger partial charge in [0.05, 0.1) is 19.2 Å². The molecule has 0 aliphatic carbocycles. The lowest BCUT2D eigenvalue weighted by molar-refractivity contribution is 0.0272. The number of carbonyl (C=O) groups excluding carboxylic acids is 1. The lowest BCUT2D eigenvalue weighted by Crippen LogP contribution is -2.40. The second kappa shape index (κ2) is 11.6. The Morgan fingerprint density at radius 1 is 1.18 bits per heavy atom. The van der Waals surface area contributed by atoms with Crippen LogP contribution in [-0.2, 0) is 4.74 Å². The maximum Gasteiger partial charge on any atom is 0.410 e. The highest BCUT2D eigenvalue weighted by molar-refractivity contribution is 5.93. The first-order valence-corrected chi connectivity index (χ1v) is 13.8. The first kappa shape index (κ1) is 27.5. The molecule has 0 bridgehead atoms. The van der Waals surface area contributed by atoms with Crippen molar-refractivity contribution in [3.63, 3.8) is 0 Å². The van der Waals surface area contributed by atoms with Crippen LogP contribution in [0.5, 0.6) is 11.5 Å². The highest BCUT2D eigenvalue weighted by Crippen LogP contribution is 2.35. The van der Waals surface area contributed by atoms with Crippen molar-refractivity contribution < 1.29 is 19.0 Å². The van der Waals surface area contributed by atoms with Crippen LogP contribution in [0.1, 0.15) is 39.2 Å². The Kier molecular flexibility index (Phi) is 7.99. The van der Waals surface area contributed by atoms with Crippen molar-refractivity contribution in [3.8, 4) is 23.8 Å². The van der Waals surface area contributed by atoms with Crippen molar-refractivity contribution in [1.29, 1.82) is 0 Å². The van der Waals surface area contributed by atoms with Gasteiger partial charge < -0.3 is 24.4 Å². The molecule has 3 heterocycles. The molecule has 2 unspecified atom stereocenters. The van der Waals surface area contributed by atoms with Crippen molar-refractivity contribution in [3.05, 3.63) is 48.3 Å². The zero-order valence-corrected chi connectivity index (χ0v) is 23.6. The van der Waals surface area contributed by atoms with Gasteiger partial charge in [0, 0.05) is 48.4 Å². The number of anilines is 2. The third kappa shape index (κ3) is 6.23. The standard InChI is InChI=1S/C31H37N5O4/c1-6-21-9-7-10-23(15-21)34-29-24-16-28(27(38-5)17-25(24)32-20-33-29)39-14-8-12-35-13-11-22-18-36(19-26(22)35)30(37)40-31(2,3)4/h1,7,9-10,15-17,20,22,26H,8,11-14,18-19H2,2-5H3,(H,32,33,34). The molecule has 2 fully saturated rings. The van der Waals surface area contributed by atoms with E-state index in [0.717, 1.165) is 61.2 Å². The molecule has 5 rings (SSSR count). The molecule has 1 N–H and O–H groups in total. The molecule has 40 heavy (non-hydrogen) atoms. The van der Waals surface area contributed by atoms with Gasteiger partial charge in [-0.15, -0.1) is 6.42 Å². The predicted octanol–water partition coefficient (Wildman–Crippen LogP) is 5.07. The fourth-order valence-corrected chi connectivity index (χ4v) is 5.51. The Morgan fingerprint density at radius 2 is 2.02 bits per heavy atom. The van der Waals surface area contributed by atoms with E-state index in [0.29, 0.717) is 35.9 Å². The Bertz CT molecular complexity index is 1410. The van der Waals surface area contributed by atoms with E-state index in [9.17, 15) is 4.79 Å². The topological polar surface area (TPSA) is 89.1 Å². The molecule has 3 aromatic rings. The third-order valence-corrected chi connectivity index (χ3v) is 7.37. The van der Waals surface area contributed by atoms with Crippen LogP contribution in [0.25, 0.3) is 10.9 Å². The summed E-state index contributed by atoms with van der Waals surface area (Å²) in [6, 6.07) is 11.8. The number of terminal acetylenes is 1. The van der Waals surface area contributed by atoms with Gasteiger partial charge in [-0.3, -0.25) is 4.90 Å². The summed E-state index contributed by atoms with van der Waals surface area (Å²) in [6.07, 6.45) is 8.82. The number of nitrogens with one attached hydrogen (secondary N) is 1. The Morgan fingerprint density at radius 3 is 2.80 bits per heavy atom. The van der Waals surface area contributed by atoms with Crippen molar-refractivity contribution in [2.75, 3.05) is 45.2 Å². The number of benzene rings is 2. The zero-order valence-electron chi connectivity index (χ0n) is 23.6. The van der Waals surface area contributed by atoms with E-state index in [2.05, 4.69) is 26.1 Å². The molecule has 1 amide bonds. The highest BCUT2D eigenvalue weighted by atomic mass is 16.6. The van der Waals surface area contributed by atoms with Crippen LogP contribution < -0.4 is 14.8 Å². The maximum absolute atomic E-state index is 12.6. The number of hydrogen-bond donors (Lipinski definition) is 1. The summed E-state index contributed by atoms with van der Waals surface area (Å²) in [7, 11) is 1.63. The van der Waals surface area contributed by atoms with Crippen LogP contribution in [-0.4, -0.2) is 77.4 Å². The largest absolute Gasteiger partial charge is 0.493 e. The molecule has 0 radical (unpaired) electrons. The normalized spacial score (nSPS) is 18.8. The molecule has 2 aromatic carbocycles. The quantitative estimate of drug-likeness (QED) is 0.311. The van der Waals surface area contributed by atoms with Gasteiger partial charge in [0.25, 0.3) is 0 Å². The number of fused-ring (bicyclic) bond motifs is 2. The molecule has 210 valence electrons. The second-order valence-corrected chi connectivity index (χ2v) is 11.3. The number of carbonyl (C=O) groups is 1. The van der Waals surface area contributed by atoms with Crippen LogP contribution in [0.4, 0.5) is 16.3 Å². The minimum atomic E-state index is -0.481. The van der Waals surface area contributed by atoms with Gasteiger partial charge in [0.2, 0.25) is 0 Å². The van der Waals surface area contributed by atoms with Crippen molar-refractivity contribution in [2.24, 2.45) is 5.92 Å². The first-order valence-electron chi connectivity index (χ1n) is 13.8. The van der Waals surface area contributed by atoms with Crippen LogP contribution >= 0.6 is 0 Å². The first-order chi connectivity index (χ1) is 19.2. The molecular formula is C31H37N5O4. The van der Waals surface area contributed by atoms with Gasteiger partial charge in [-0.25, -0.2) is 14.8 Å². The molecular weight excluding hydrogens is 506 g/mol. The van der Waals surface area contributed by atoms with Crippen LogP contribution in [0.3, 0.4) is 0 Å². The van der Waals surface area contributed by atoms with Crippen molar-refractivity contribution >= 4 is 28.5 Å². The van der Waals surface area contributed by atoms with Crippen molar-refractivity contribution in [1.82, 2.24) is 19.8 Å². The zero-order chi connectivity index (χ0) is 28.3.